The Labute approximate surface area is 113 Å². The van der Waals surface area contributed by atoms with Crippen LogP contribution in [0.3, 0.4) is 0 Å². The molecule has 0 fully saturated rings. The predicted molar refractivity (Wildman–Crippen MR) is 75.4 cm³/mol. The summed E-state index contributed by atoms with van der Waals surface area (Å²) >= 11 is 0. The average Bonchev–Trinajstić information content (AvgIpc) is 2.31. The number of anilines is 2. The molecule has 0 aliphatic rings. The molecule has 5 heteroatoms. The normalized spacial score (nSPS) is 11.5. The highest BCUT2D eigenvalue weighted by molar-refractivity contribution is 5.47. The van der Waals surface area contributed by atoms with E-state index in [2.05, 4.69) is 43.3 Å². The molecule has 0 aliphatic carbocycles. The van der Waals surface area contributed by atoms with Gasteiger partial charge in [0.05, 0.1) is 0 Å². The molecule has 0 spiro atoms. The number of hydrogen-bond donors (Lipinski definition) is 2. The van der Waals surface area contributed by atoms with Gasteiger partial charge in [0.15, 0.2) is 23.3 Å². The van der Waals surface area contributed by atoms with E-state index >= 15 is 0 Å². The summed E-state index contributed by atoms with van der Waals surface area (Å²) in [5.41, 5.74) is 0. The van der Waals surface area contributed by atoms with Crippen LogP contribution in [0.4, 0.5) is 20.4 Å². The van der Waals surface area contributed by atoms with Crippen LogP contribution in [-0.4, -0.2) is 18.6 Å². The number of rotatable bonds is 6. The third-order valence-electron chi connectivity index (χ3n) is 3.38. The molecule has 0 bridgehead atoms. The van der Waals surface area contributed by atoms with Gasteiger partial charge in [0, 0.05) is 19.7 Å². The molecule has 0 aliphatic heterocycles. The number of pyridine rings is 1. The van der Waals surface area contributed by atoms with Crippen molar-refractivity contribution >= 4 is 11.6 Å². The highest BCUT2D eigenvalue weighted by atomic mass is 19.1. The van der Waals surface area contributed by atoms with E-state index in [1.54, 1.807) is 7.05 Å². The third kappa shape index (κ3) is 4.04. The largest absolute Gasteiger partial charge is 0.371 e. The summed E-state index contributed by atoms with van der Waals surface area (Å²) in [6.45, 7) is 9.17. The van der Waals surface area contributed by atoms with Crippen molar-refractivity contribution in [2.45, 2.75) is 27.7 Å². The first kappa shape index (κ1) is 15.7. The Kier molecular flexibility index (Phi) is 5.51. The molecule has 0 atom stereocenters. The highest BCUT2D eigenvalue weighted by Gasteiger charge is 2.18. The molecule has 0 saturated heterocycles. The van der Waals surface area contributed by atoms with Gasteiger partial charge >= 0.3 is 0 Å². The molecule has 0 saturated carbocycles. The molecular weight excluding hydrogens is 248 g/mol. The first-order valence-electron chi connectivity index (χ1n) is 6.64. The van der Waals surface area contributed by atoms with E-state index in [0.717, 1.165) is 6.07 Å². The fourth-order valence-electron chi connectivity index (χ4n) is 2.22. The Balaban J connectivity index is 2.82. The van der Waals surface area contributed by atoms with E-state index in [1.165, 1.54) is 0 Å². The van der Waals surface area contributed by atoms with E-state index in [0.29, 0.717) is 24.3 Å². The first-order valence-corrected chi connectivity index (χ1v) is 6.64. The lowest BCUT2D eigenvalue weighted by Gasteiger charge is -2.25. The zero-order valence-corrected chi connectivity index (χ0v) is 12.2. The second-order valence-electron chi connectivity index (χ2n) is 5.43. The van der Waals surface area contributed by atoms with Gasteiger partial charge in [0.25, 0.3) is 0 Å². The number of aromatic nitrogens is 1. The van der Waals surface area contributed by atoms with Crippen molar-refractivity contribution < 1.29 is 8.78 Å². The van der Waals surface area contributed by atoms with Crippen LogP contribution in [0, 0.1) is 29.4 Å². The van der Waals surface area contributed by atoms with Gasteiger partial charge in [-0.1, -0.05) is 27.7 Å². The van der Waals surface area contributed by atoms with Crippen LogP contribution in [-0.2, 0) is 0 Å². The lowest BCUT2D eigenvalue weighted by molar-refractivity contribution is 0.304. The van der Waals surface area contributed by atoms with E-state index in [1.807, 2.05) is 0 Å². The molecule has 0 unspecified atom stereocenters. The van der Waals surface area contributed by atoms with Gasteiger partial charge in [-0.3, -0.25) is 0 Å². The second kappa shape index (κ2) is 6.68. The van der Waals surface area contributed by atoms with Crippen LogP contribution >= 0.6 is 0 Å². The number of halogens is 2. The summed E-state index contributed by atoms with van der Waals surface area (Å²) in [4.78, 5) is 3.91. The minimum Gasteiger partial charge on any atom is -0.371 e. The Morgan fingerprint density at radius 1 is 1.05 bits per heavy atom. The maximum Gasteiger partial charge on any atom is 0.168 e. The van der Waals surface area contributed by atoms with E-state index in [9.17, 15) is 8.78 Å². The third-order valence-corrected chi connectivity index (χ3v) is 3.38. The van der Waals surface area contributed by atoms with Gasteiger partial charge < -0.3 is 10.6 Å². The van der Waals surface area contributed by atoms with Crippen molar-refractivity contribution in [3.05, 3.63) is 17.7 Å². The van der Waals surface area contributed by atoms with Gasteiger partial charge in [-0.15, -0.1) is 0 Å². The lowest BCUT2D eigenvalue weighted by Crippen LogP contribution is -2.25. The van der Waals surface area contributed by atoms with Crippen LogP contribution in [0.2, 0.25) is 0 Å². The summed E-state index contributed by atoms with van der Waals surface area (Å²) < 4.78 is 26.9. The average molecular weight is 271 g/mol. The summed E-state index contributed by atoms with van der Waals surface area (Å²) in [5, 5.41) is 5.59. The van der Waals surface area contributed by atoms with Crippen molar-refractivity contribution in [2.24, 2.45) is 17.8 Å². The smallest absolute Gasteiger partial charge is 0.168 e. The van der Waals surface area contributed by atoms with Gasteiger partial charge in [-0.25, -0.2) is 13.8 Å². The predicted octanol–water partition coefficient (Wildman–Crippen LogP) is 3.74. The van der Waals surface area contributed by atoms with Crippen molar-refractivity contribution in [1.29, 1.82) is 0 Å². The summed E-state index contributed by atoms with van der Waals surface area (Å²) in [7, 11) is 1.55. The molecule has 19 heavy (non-hydrogen) atoms. The Bertz CT molecular complexity index is 411. The minimum absolute atomic E-state index is 0.0505. The van der Waals surface area contributed by atoms with Crippen molar-refractivity contribution in [1.82, 2.24) is 4.98 Å². The molecule has 3 nitrogen and oxygen atoms in total. The van der Waals surface area contributed by atoms with E-state index in [4.69, 9.17) is 0 Å². The lowest BCUT2D eigenvalue weighted by atomic mass is 9.85. The van der Waals surface area contributed by atoms with Gasteiger partial charge in [0.2, 0.25) is 0 Å². The van der Waals surface area contributed by atoms with Crippen LogP contribution < -0.4 is 10.6 Å². The first-order chi connectivity index (χ1) is 8.86. The highest BCUT2D eigenvalue weighted by Crippen LogP contribution is 2.23. The number of nitrogens with one attached hydrogen (secondary N) is 2. The Morgan fingerprint density at radius 3 is 2.05 bits per heavy atom. The number of nitrogens with zero attached hydrogens (tertiary/aromatic N) is 1. The van der Waals surface area contributed by atoms with E-state index < -0.39 is 11.6 Å². The van der Waals surface area contributed by atoms with Crippen LogP contribution in [0.15, 0.2) is 6.07 Å². The maximum atomic E-state index is 13.6. The molecule has 2 N–H and O–H groups in total. The number of hydrogen-bond acceptors (Lipinski definition) is 3. The molecule has 1 aromatic heterocycles. The van der Waals surface area contributed by atoms with Gasteiger partial charge in [-0.05, 0) is 17.8 Å². The monoisotopic (exact) mass is 271 g/mol. The molecule has 108 valence electrons. The second-order valence-corrected chi connectivity index (χ2v) is 5.43. The fourth-order valence-corrected chi connectivity index (χ4v) is 2.22. The van der Waals surface area contributed by atoms with Gasteiger partial charge in [-0.2, -0.15) is 0 Å². The molecule has 0 amide bonds. The summed E-state index contributed by atoms with van der Waals surface area (Å²) in [6.07, 6.45) is 0. The Morgan fingerprint density at radius 2 is 1.58 bits per heavy atom. The molecular formula is C14H23F2N3. The minimum atomic E-state index is -0.685. The molecule has 1 rings (SSSR count). The van der Waals surface area contributed by atoms with Crippen LogP contribution in [0.25, 0.3) is 0 Å². The fraction of sp³-hybridized carbons (Fsp3) is 0.643. The quantitative estimate of drug-likeness (QED) is 0.827. The van der Waals surface area contributed by atoms with Gasteiger partial charge in [0.1, 0.15) is 0 Å². The van der Waals surface area contributed by atoms with Crippen LogP contribution in [0.1, 0.15) is 27.7 Å². The Hall–Kier alpha value is -1.39. The summed E-state index contributed by atoms with van der Waals surface area (Å²) in [5.74, 6) is 0.174. The SMILES string of the molecule is CNc1nc(NCC(C(C)C)C(C)C)c(F)cc1F. The summed E-state index contributed by atoms with van der Waals surface area (Å²) in [6, 6.07) is 0.848. The zero-order chi connectivity index (χ0) is 14.6. The van der Waals surface area contributed by atoms with Crippen molar-refractivity contribution in [3.63, 3.8) is 0 Å². The van der Waals surface area contributed by atoms with E-state index in [-0.39, 0.29) is 11.6 Å². The molecule has 0 aromatic carbocycles. The molecule has 0 radical (unpaired) electrons. The van der Waals surface area contributed by atoms with Crippen molar-refractivity contribution in [2.75, 3.05) is 24.2 Å². The molecule has 1 aromatic rings. The van der Waals surface area contributed by atoms with Crippen LogP contribution in [0.5, 0.6) is 0 Å². The maximum absolute atomic E-state index is 13.6. The van der Waals surface area contributed by atoms with Crippen molar-refractivity contribution in [3.8, 4) is 0 Å². The standard InChI is InChI=1S/C14H23F2N3/c1-8(2)10(9(3)4)7-18-14-12(16)6-11(15)13(17-5)19-14/h6,8-10H,7H2,1-5H3,(H2,17,18,19). The topological polar surface area (TPSA) is 37.0 Å². The zero-order valence-electron chi connectivity index (χ0n) is 12.2. The molecule has 1 heterocycles.